The summed E-state index contributed by atoms with van der Waals surface area (Å²) in [5, 5.41) is 0. The van der Waals surface area contributed by atoms with E-state index in [2.05, 4.69) is 28.2 Å². The molecule has 0 radical (unpaired) electrons. The van der Waals surface area contributed by atoms with Gasteiger partial charge in [0.2, 0.25) is 0 Å². The molecule has 0 fully saturated rings. The topological polar surface area (TPSA) is 37.9 Å². The Labute approximate surface area is 118 Å². The molecule has 102 valence electrons. The van der Waals surface area contributed by atoms with Crippen molar-refractivity contribution < 1.29 is 4.74 Å². The number of fused-ring (bicyclic) bond motifs is 1. The Morgan fingerprint density at radius 2 is 1.95 bits per heavy atom. The quantitative estimate of drug-likeness (QED) is 0.763. The van der Waals surface area contributed by atoms with Gasteiger partial charge in [0, 0.05) is 6.42 Å². The number of nitrogens with zero attached hydrogens (tertiary/aromatic N) is 1. The van der Waals surface area contributed by atoms with Crippen LogP contribution in [0.2, 0.25) is 0 Å². The molecule has 0 aliphatic rings. The predicted molar refractivity (Wildman–Crippen MR) is 81.1 cm³/mol. The second-order valence-corrected chi connectivity index (χ2v) is 4.78. The molecule has 0 bridgehead atoms. The van der Waals surface area contributed by atoms with Gasteiger partial charge in [-0.05, 0) is 43.2 Å². The van der Waals surface area contributed by atoms with E-state index >= 15 is 0 Å². The Bertz CT molecular complexity index is 670. The van der Waals surface area contributed by atoms with E-state index in [9.17, 15) is 0 Å². The molecule has 1 aromatic heterocycles. The summed E-state index contributed by atoms with van der Waals surface area (Å²) in [6.45, 7) is 2.70. The highest BCUT2D eigenvalue weighted by Gasteiger charge is 2.03. The lowest BCUT2D eigenvalue weighted by Gasteiger charge is -2.05. The molecule has 3 nitrogen and oxygen atoms in total. The van der Waals surface area contributed by atoms with Crippen molar-refractivity contribution in [2.45, 2.75) is 19.8 Å². The number of aromatic nitrogens is 2. The predicted octanol–water partition coefficient (Wildman–Crippen LogP) is 3.75. The van der Waals surface area contributed by atoms with E-state index < -0.39 is 0 Å². The Morgan fingerprint density at radius 1 is 1.05 bits per heavy atom. The molecular formula is C17H18N2O. The molecule has 0 saturated carbocycles. The minimum atomic E-state index is 0.701. The zero-order valence-corrected chi connectivity index (χ0v) is 11.6. The van der Waals surface area contributed by atoms with Crippen molar-refractivity contribution >= 4 is 11.0 Å². The van der Waals surface area contributed by atoms with E-state index in [0.717, 1.165) is 35.4 Å². The van der Waals surface area contributed by atoms with Crippen LogP contribution in [0.1, 0.15) is 18.3 Å². The number of rotatable bonds is 5. The number of para-hydroxylation sites is 2. The van der Waals surface area contributed by atoms with Gasteiger partial charge in [0.15, 0.2) is 0 Å². The third-order valence-electron chi connectivity index (χ3n) is 3.30. The normalized spacial score (nSPS) is 10.8. The van der Waals surface area contributed by atoms with Crippen LogP contribution >= 0.6 is 0 Å². The van der Waals surface area contributed by atoms with Crippen LogP contribution < -0.4 is 4.74 Å². The molecule has 3 heteroatoms. The molecule has 0 amide bonds. The maximum Gasteiger partial charge on any atom is 0.119 e. The molecule has 3 aromatic rings. The molecular weight excluding hydrogens is 248 g/mol. The fourth-order valence-electron chi connectivity index (χ4n) is 2.34. The van der Waals surface area contributed by atoms with Crippen molar-refractivity contribution in [3.05, 3.63) is 59.9 Å². The van der Waals surface area contributed by atoms with Gasteiger partial charge in [0.05, 0.1) is 17.6 Å². The van der Waals surface area contributed by atoms with Crippen molar-refractivity contribution in [1.29, 1.82) is 0 Å². The lowest BCUT2D eigenvalue weighted by molar-refractivity contribution is 0.340. The molecule has 1 N–H and O–H groups in total. The van der Waals surface area contributed by atoms with Crippen LogP contribution in [0.5, 0.6) is 5.75 Å². The first kappa shape index (κ1) is 12.7. The van der Waals surface area contributed by atoms with Gasteiger partial charge in [-0.25, -0.2) is 4.98 Å². The fraction of sp³-hybridized carbons (Fsp3) is 0.235. The van der Waals surface area contributed by atoms with E-state index in [0.29, 0.717) is 6.61 Å². The van der Waals surface area contributed by atoms with Gasteiger partial charge in [0.25, 0.3) is 0 Å². The minimum Gasteiger partial charge on any atom is -0.494 e. The molecule has 0 saturated heterocycles. The summed E-state index contributed by atoms with van der Waals surface area (Å²) in [6, 6.07) is 16.4. The third-order valence-corrected chi connectivity index (χ3v) is 3.30. The monoisotopic (exact) mass is 266 g/mol. The van der Waals surface area contributed by atoms with Crippen molar-refractivity contribution in [1.82, 2.24) is 9.97 Å². The van der Waals surface area contributed by atoms with Crippen molar-refractivity contribution in [2.75, 3.05) is 6.61 Å². The number of aromatic amines is 1. The van der Waals surface area contributed by atoms with Gasteiger partial charge >= 0.3 is 0 Å². The first-order chi connectivity index (χ1) is 9.85. The van der Waals surface area contributed by atoms with Crippen LogP contribution in [0.3, 0.4) is 0 Å². The highest BCUT2D eigenvalue weighted by atomic mass is 16.5. The number of benzene rings is 2. The van der Waals surface area contributed by atoms with Crippen LogP contribution in [0.4, 0.5) is 0 Å². The summed E-state index contributed by atoms with van der Waals surface area (Å²) in [4.78, 5) is 7.96. The van der Waals surface area contributed by atoms with Crippen LogP contribution in [0.25, 0.3) is 11.0 Å². The molecule has 0 unspecified atom stereocenters. The number of nitrogens with one attached hydrogen (secondary N) is 1. The van der Waals surface area contributed by atoms with E-state index in [1.54, 1.807) is 0 Å². The number of imidazole rings is 1. The molecule has 0 aliphatic carbocycles. The average Bonchev–Trinajstić information content (AvgIpc) is 2.89. The number of ether oxygens (including phenoxy) is 1. The minimum absolute atomic E-state index is 0.701. The van der Waals surface area contributed by atoms with Gasteiger partial charge in [0.1, 0.15) is 11.6 Å². The number of aryl methyl sites for hydroxylation is 2. The Hall–Kier alpha value is -2.29. The fourth-order valence-corrected chi connectivity index (χ4v) is 2.34. The smallest absolute Gasteiger partial charge is 0.119 e. The van der Waals surface area contributed by atoms with Gasteiger partial charge in [-0.15, -0.1) is 0 Å². The lowest BCUT2D eigenvalue weighted by Crippen LogP contribution is -1.95. The maximum atomic E-state index is 5.52. The largest absolute Gasteiger partial charge is 0.494 e. The van der Waals surface area contributed by atoms with E-state index in [-0.39, 0.29) is 0 Å². The second-order valence-electron chi connectivity index (χ2n) is 4.78. The summed E-state index contributed by atoms with van der Waals surface area (Å²) in [5.74, 6) is 1.97. The zero-order valence-electron chi connectivity index (χ0n) is 11.6. The zero-order chi connectivity index (χ0) is 13.8. The molecule has 2 aromatic carbocycles. The summed E-state index contributed by atoms with van der Waals surface area (Å²) < 4.78 is 5.52. The molecule has 0 spiro atoms. The van der Waals surface area contributed by atoms with Crippen LogP contribution in [0, 0.1) is 0 Å². The van der Waals surface area contributed by atoms with Gasteiger partial charge in [-0.1, -0.05) is 24.3 Å². The highest BCUT2D eigenvalue weighted by Crippen LogP contribution is 2.16. The highest BCUT2D eigenvalue weighted by molar-refractivity contribution is 5.74. The van der Waals surface area contributed by atoms with Crippen LogP contribution in [-0.2, 0) is 12.8 Å². The van der Waals surface area contributed by atoms with E-state index in [4.69, 9.17) is 4.74 Å². The van der Waals surface area contributed by atoms with Crippen molar-refractivity contribution in [3.63, 3.8) is 0 Å². The van der Waals surface area contributed by atoms with Gasteiger partial charge < -0.3 is 9.72 Å². The van der Waals surface area contributed by atoms with Crippen molar-refractivity contribution in [3.8, 4) is 5.75 Å². The SMILES string of the molecule is CCOc1cccc(CCc2nc3ccccc3[nH]2)c1. The summed E-state index contributed by atoms with van der Waals surface area (Å²) in [7, 11) is 0. The van der Waals surface area contributed by atoms with E-state index in [1.807, 2.05) is 37.3 Å². The molecule has 0 aliphatic heterocycles. The Morgan fingerprint density at radius 3 is 2.80 bits per heavy atom. The summed E-state index contributed by atoms with van der Waals surface area (Å²) >= 11 is 0. The first-order valence-corrected chi connectivity index (χ1v) is 7.00. The van der Waals surface area contributed by atoms with Crippen LogP contribution in [0.15, 0.2) is 48.5 Å². The summed E-state index contributed by atoms with van der Waals surface area (Å²) in [6.07, 6.45) is 1.87. The molecule has 20 heavy (non-hydrogen) atoms. The number of H-pyrrole nitrogens is 1. The van der Waals surface area contributed by atoms with Gasteiger partial charge in [-0.3, -0.25) is 0 Å². The molecule has 0 atom stereocenters. The average molecular weight is 266 g/mol. The first-order valence-electron chi connectivity index (χ1n) is 7.00. The Kier molecular flexibility index (Phi) is 3.68. The maximum absolute atomic E-state index is 5.52. The lowest BCUT2D eigenvalue weighted by atomic mass is 10.1. The van der Waals surface area contributed by atoms with Crippen molar-refractivity contribution in [2.24, 2.45) is 0 Å². The second kappa shape index (κ2) is 5.78. The molecule has 3 rings (SSSR count). The third kappa shape index (κ3) is 2.82. The number of hydrogen-bond acceptors (Lipinski definition) is 2. The Balaban J connectivity index is 1.71. The number of hydrogen-bond donors (Lipinski definition) is 1. The van der Waals surface area contributed by atoms with E-state index in [1.165, 1.54) is 5.56 Å². The molecule has 1 heterocycles. The summed E-state index contributed by atoms with van der Waals surface area (Å²) in [5.41, 5.74) is 3.41. The van der Waals surface area contributed by atoms with Crippen LogP contribution in [-0.4, -0.2) is 16.6 Å². The van der Waals surface area contributed by atoms with Gasteiger partial charge in [-0.2, -0.15) is 0 Å². The standard InChI is InChI=1S/C17H18N2O/c1-2-20-14-7-5-6-13(12-14)10-11-17-18-15-8-3-4-9-16(15)19-17/h3-9,12H,2,10-11H2,1H3,(H,18,19).